The normalized spacial score (nSPS) is 10.9. The minimum Gasteiger partial charge on any atom is -0.545 e. The summed E-state index contributed by atoms with van der Waals surface area (Å²) in [6.45, 7) is 6.78. The van der Waals surface area contributed by atoms with Crippen LogP contribution in [0.3, 0.4) is 0 Å². The molecule has 0 fully saturated rings. The van der Waals surface area contributed by atoms with Crippen molar-refractivity contribution in [2.45, 2.75) is 64.7 Å². The van der Waals surface area contributed by atoms with Crippen molar-refractivity contribution in [3.8, 4) is 5.75 Å². The minimum atomic E-state index is -1.23. The Kier molecular flexibility index (Phi) is 28.2. The summed E-state index contributed by atoms with van der Waals surface area (Å²) in [6.07, 6.45) is 10.8. The molecule has 0 unspecified atom stereocenters. The molecule has 1 aromatic carbocycles. The van der Waals surface area contributed by atoms with E-state index >= 15 is 0 Å². The van der Waals surface area contributed by atoms with Crippen molar-refractivity contribution in [1.29, 1.82) is 0 Å². The van der Waals surface area contributed by atoms with Crippen LogP contribution >= 0.6 is 0 Å². The van der Waals surface area contributed by atoms with Crippen LogP contribution in [0, 0.1) is 0 Å². The number of carboxylic acids is 1. The van der Waals surface area contributed by atoms with Gasteiger partial charge < -0.3 is 43.4 Å². The van der Waals surface area contributed by atoms with Crippen molar-refractivity contribution >= 4 is 5.97 Å². The molecule has 0 aliphatic heterocycles. The molecule has 0 saturated carbocycles. The Morgan fingerprint density at radius 3 is 1.64 bits per heavy atom. The summed E-state index contributed by atoms with van der Waals surface area (Å²) < 4.78 is 32.3. The first-order chi connectivity index (χ1) is 18.7. The number of unbranched alkanes of at least 4 members (excludes halogenated alkanes) is 7. The maximum Gasteiger partial charge on any atom is 1.00 e. The fourth-order valence-corrected chi connectivity index (χ4v) is 3.74. The summed E-state index contributed by atoms with van der Waals surface area (Å²) >= 11 is 0. The van der Waals surface area contributed by atoms with E-state index in [0.29, 0.717) is 71.8 Å². The Balaban J connectivity index is 0.0000144. The molecule has 0 saturated heterocycles. The Morgan fingerprint density at radius 1 is 0.692 bits per heavy atom. The van der Waals surface area contributed by atoms with Gasteiger partial charge in [-0.05, 0) is 30.5 Å². The van der Waals surface area contributed by atoms with Crippen LogP contribution in [0.5, 0.6) is 5.75 Å². The van der Waals surface area contributed by atoms with E-state index in [2.05, 4.69) is 6.92 Å². The average molecular weight is 565 g/mol. The summed E-state index contributed by atoms with van der Waals surface area (Å²) in [6, 6.07) is 5.31. The number of carbonyl (C=O) groups is 1. The Labute approximate surface area is 257 Å². The number of hydrogen-bond acceptors (Lipinski definition) is 9. The van der Waals surface area contributed by atoms with Gasteiger partial charge in [0.2, 0.25) is 0 Å². The van der Waals surface area contributed by atoms with Crippen LogP contribution in [0.4, 0.5) is 0 Å². The van der Waals surface area contributed by atoms with Crippen LogP contribution in [0.15, 0.2) is 18.2 Å². The van der Waals surface area contributed by atoms with E-state index in [4.69, 9.17) is 33.5 Å². The first kappa shape index (κ1) is 38.2. The van der Waals surface area contributed by atoms with Crippen molar-refractivity contribution < 1.29 is 73.0 Å². The molecule has 0 heterocycles. The number of hydrogen-bond donors (Lipinski definition) is 1. The molecule has 0 radical (unpaired) electrons. The topological polar surface area (TPSA) is 116 Å². The van der Waals surface area contributed by atoms with Gasteiger partial charge in [0.15, 0.2) is 0 Å². The van der Waals surface area contributed by atoms with Gasteiger partial charge in [0.1, 0.15) is 12.4 Å². The molecular weight excluding hydrogens is 515 g/mol. The van der Waals surface area contributed by atoms with E-state index in [1.165, 1.54) is 38.5 Å². The number of aliphatic hydroxyl groups is 1. The van der Waals surface area contributed by atoms with Gasteiger partial charge >= 0.3 is 29.6 Å². The average Bonchev–Trinajstić information content (AvgIpc) is 2.92. The number of aromatic carboxylic acids is 1. The summed E-state index contributed by atoms with van der Waals surface area (Å²) in [5.41, 5.74) is 1.09. The zero-order chi connectivity index (χ0) is 27.5. The third kappa shape index (κ3) is 22.6. The Hall–Kier alpha value is -0.750. The van der Waals surface area contributed by atoms with Gasteiger partial charge in [-0.3, -0.25) is 0 Å². The van der Waals surface area contributed by atoms with Crippen molar-refractivity contribution in [3.63, 3.8) is 0 Å². The SMILES string of the molecule is CCCCCCCCCCc1ccc(OCCOCCOCCOCCOCCOCCO)c(C(=O)[O-])c1.[Na+]. The van der Waals surface area contributed by atoms with Crippen LogP contribution in [0.25, 0.3) is 0 Å². The second kappa shape index (κ2) is 28.8. The van der Waals surface area contributed by atoms with Crippen molar-refractivity contribution in [3.05, 3.63) is 29.3 Å². The molecule has 0 aromatic heterocycles. The van der Waals surface area contributed by atoms with E-state index in [1.54, 1.807) is 12.1 Å². The molecule has 0 aliphatic rings. The van der Waals surface area contributed by atoms with Crippen LogP contribution in [-0.2, 0) is 30.1 Å². The predicted octanol–water partition coefficient (Wildman–Crippen LogP) is 0.191. The molecule has 0 aliphatic carbocycles. The van der Waals surface area contributed by atoms with Crippen LogP contribution in [-0.4, -0.2) is 90.4 Å². The smallest absolute Gasteiger partial charge is 0.545 e. The van der Waals surface area contributed by atoms with Crippen LogP contribution in [0.1, 0.15) is 74.2 Å². The van der Waals surface area contributed by atoms with Gasteiger partial charge in [0.05, 0.1) is 78.6 Å². The first-order valence-corrected chi connectivity index (χ1v) is 14.2. The van der Waals surface area contributed by atoms with Gasteiger partial charge in [0, 0.05) is 5.56 Å². The standard InChI is InChI=1S/C29H50O9.Na/c1-2-3-4-5-6-7-8-9-10-26-11-12-28(27(25-26)29(31)32)38-24-23-37-22-21-36-20-19-35-18-17-34-16-15-33-14-13-30;/h11-12,25,30H,2-10,13-24H2,1H3,(H,31,32);/q;+1/p-1. The number of carbonyl (C=O) groups excluding carboxylic acids is 1. The number of ether oxygens (including phenoxy) is 6. The maximum absolute atomic E-state index is 11.6. The van der Waals surface area contributed by atoms with Gasteiger partial charge in [-0.2, -0.15) is 0 Å². The van der Waals surface area contributed by atoms with E-state index < -0.39 is 5.97 Å². The zero-order valence-electron chi connectivity index (χ0n) is 24.3. The molecule has 1 aromatic rings. The molecule has 0 bridgehead atoms. The number of benzene rings is 1. The molecule has 1 rings (SSSR count). The molecule has 39 heavy (non-hydrogen) atoms. The first-order valence-electron chi connectivity index (χ1n) is 14.2. The molecular formula is C29H49NaO9. The quantitative estimate of drug-likeness (QED) is 0.113. The molecule has 220 valence electrons. The molecule has 10 heteroatoms. The monoisotopic (exact) mass is 564 g/mol. The fourth-order valence-electron chi connectivity index (χ4n) is 3.74. The molecule has 9 nitrogen and oxygen atoms in total. The van der Waals surface area contributed by atoms with Crippen molar-refractivity contribution in [2.75, 3.05) is 79.3 Å². The van der Waals surface area contributed by atoms with Crippen LogP contribution < -0.4 is 39.4 Å². The van der Waals surface area contributed by atoms with Crippen molar-refractivity contribution in [2.24, 2.45) is 0 Å². The van der Waals surface area contributed by atoms with Gasteiger partial charge in [-0.25, -0.2) is 0 Å². The largest absolute Gasteiger partial charge is 1.00 e. The molecule has 0 atom stereocenters. The Morgan fingerprint density at radius 2 is 1.15 bits per heavy atom. The van der Waals surface area contributed by atoms with E-state index in [9.17, 15) is 9.90 Å². The second-order valence-electron chi connectivity index (χ2n) is 8.98. The van der Waals surface area contributed by atoms with E-state index in [-0.39, 0.29) is 48.3 Å². The number of aryl methyl sites for hydroxylation is 1. The summed E-state index contributed by atoms with van der Waals surface area (Å²) in [5, 5.41) is 20.2. The predicted molar refractivity (Wildman–Crippen MR) is 144 cm³/mol. The summed E-state index contributed by atoms with van der Waals surface area (Å²) in [5.74, 6) is -0.920. The van der Waals surface area contributed by atoms with Gasteiger partial charge in [-0.1, -0.05) is 57.9 Å². The van der Waals surface area contributed by atoms with E-state index in [0.717, 1.165) is 24.8 Å². The number of carboxylic acid groups (broad SMARTS) is 1. The summed E-state index contributed by atoms with van der Waals surface area (Å²) in [4.78, 5) is 11.6. The van der Waals surface area contributed by atoms with Gasteiger partial charge in [-0.15, -0.1) is 0 Å². The Bertz CT molecular complexity index is 691. The third-order valence-corrected chi connectivity index (χ3v) is 5.79. The third-order valence-electron chi connectivity index (χ3n) is 5.79. The number of rotatable bonds is 28. The molecule has 0 amide bonds. The summed E-state index contributed by atoms with van der Waals surface area (Å²) in [7, 11) is 0. The maximum atomic E-state index is 11.6. The molecule has 0 spiro atoms. The van der Waals surface area contributed by atoms with E-state index in [1.807, 2.05) is 6.07 Å². The molecule has 1 N–H and O–H groups in total. The second-order valence-corrected chi connectivity index (χ2v) is 8.98. The van der Waals surface area contributed by atoms with Crippen molar-refractivity contribution in [1.82, 2.24) is 0 Å². The zero-order valence-corrected chi connectivity index (χ0v) is 26.3. The fraction of sp³-hybridized carbons (Fsp3) is 0.759. The minimum absolute atomic E-state index is 0. The van der Waals surface area contributed by atoms with Gasteiger partial charge in [0.25, 0.3) is 0 Å². The van der Waals surface area contributed by atoms with Crippen LogP contribution in [0.2, 0.25) is 0 Å². The number of aliphatic hydroxyl groups excluding tert-OH is 1.